The predicted molar refractivity (Wildman–Crippen MR) is 175 cm³/mol. The first kappa shape index (κ1) is 36.9. The molecule has 1 aromatic heterocycles. The molecule has 242 valence electrons. The summed E-state index contributed by atoms with van der Waals surface area (Å²) in [6.07, 6.45) is 7.20. The van der Waals surface area contributed by atoms with Gasteiger partial charge in [0.1, 0.15) is 17.3 Å². The molecule has 0 radical (unpaired) electrons. The van der Waals surface area contributed by atoms with Gasteiger partial charge in [-0.15, -0.1) is 6.42 Å². The number of ether oxygens (including phenoxy) is 1. The zero-order chi connectivity index (χ0) is 33.2. The van der Waals surface area contributed by atoms with Crippen molar-refractivity contribution in [1.82, 2.24) is 10.2 Å². The van der Waals surface area contributed by atoms with Gasteiger partial charge in [-0.25, -0.2) is 18.0 Å². The maximum atomic E-state index is 13.7. The Kier molecular flexibility index (Phi) is 13.5. The number of urea groups is 1. The van der Waals surface area contributed by atoms with Crippen molar-refractivity contribution in [3.05, 3.63) is 60.1 Å². The van der Waals surface area contributed by atoms with Crippen molar-refractivity contribution in [2.45, 2.75) is 93.8 Å². The molecule has 0 saturated carbocycles. The fraction of sp³-hybridized carbons (Fsp3) is 0.515. The summed E-state index contributed by atoms with van der Waals surface area (Å²) in [6, 6.07) is 6.78. The summed E-state index contributed by atoms with van der Waals surface area (Å²) in [5.74, 6) is 1.51. The van der Waals surface area contributed by atoms with E-state index < -0.39 is 30.2 Å². The summed E-state index contributed by atoms with van der Waals surface area (Å²) in [6.45, 7) is 18.8. The van der Waals surface area contributed by atoms with Crippen LogP contribution >= 0.6 is 0 Å². The van der Waals surface area contributed by atoms with Gasteiger partial charge in [0.05, 0.1) is 24.1 Å². The maximum absolute atomic E-state index is 13.7. The van der Waals surface area contributed by atoms with E-state index in [2.05, 4.69) is 59.4 Å². The van der Waals surface area contributed by atoms with Crippen molar-refractivity contribution in [2.24, 2.45) is 0 Å². The van der Waals surface area contributed by atoms with Gasteiger partial charge in [0.15, 0.2) is 8.32 Å². The van der Waals surface area contributed by atoms with E-state index in [0.717, 1.165) is 5.56 Å². The minimum atomic E-state index is -4.04. The molecule has 2 amide bonds. The van der Waals surface area contributed by atoms with Crippen LogP contribution in [0.15, 0.2) is 57.2 Å². The van der Waals surface area contributed by atoms with E-state index in [1.807, 2.05) is 6.92 Å². The lowest BCUT2D eigenvalue weighted by Crippen LogP contribution is -2.52. The van der Waals surface area contributed by atoms with Gasteiger partial charge in [-0.05, 0) is 42.1 Å². The van der Waals surface area contributed by atoms with Crippen LogP contribution in [0.5, 0.6) is 0 Å². The summed E-state index contributed by atoms with van der Waals surface area (Å²) in [5.41, 5.74) is 1.87. The van der Waals surface area contributed by atoms with Gasteiger partial charge in [0.25, 0.3) is 0 Å². The number of nitrogens with one attached hydrogen (secondary N) is 1. The van der Waals surface area contributed by atoms with Gasteiger partial charge in [-0.1, -0.05) is 77.8 Å². The third-order valence-corrected chi connectivity index (χ3v) is 15.8. The second-order valence-corrected chi connectivity index (χ2v) is 19.4. The Bertz CT molecular complexity index is 1400. The number of rotatable bonds is 16. The van der Waals surface area contributed by atoms with Crippen LogP contribution in [-0.4, -0.2) is 66.5 Å². The van der Waals surface area contributed by atoms with Gasteiger partial charge in [-0.3, -0.25) is 0 Å². The highest BCUT2D eigenvalue weighted by atomic mass is 32.2. The molecule has 2 rings (SSSR count). The first-order chi connectivity index (χ1) is 20.6. The molecule has 0 aliphatic heterocycles. The Labute approximate surface area is 264 Å². The van der Waals surface area contributed by atoms with Crippen molar-refractivity contribution >= 4 is 30.2 Å². The van der Waals surface area contributed by atoms with Crippen LogP contribution in [0.4, 0.5) is 4.79 Å². The van der Waals surface area contributed by atoms with Crippen LogP contribution in [0.25, 0.3) is 0 Å². The van der Waals surface area contributed by atoms with Crippen LogP contribution < -0.4 is 5.32 Å². The van der Waals surface area contributed by atoms with Gasteiger partial charge < -0.3 is 23.8 Å². The van der Waals surface area contributed by atoms with E-state index in [4.69, 9.17) is 20.0 Å². The molecule has 1 atom stereocenters. The molecule has 1 heterocycles. The van der Waals surface area contributed by atoms with Gasteiger partial charge >= 0.3 is 12.0 Å². The molecule has 0 unspecified atom stereocenters. The van der Waals surface area contributed by atoms with E-state index in [1.165, 1.54) is 29.2 Å². The van der Waals surface area contributed by atoms with Crippen molar-refractivity contribution in [3.8, 4) is 12.3 Å². The van der Waals surface area contributed by atoms with Crippen LogP contribution in [0, 0.1) is 19.3 Å². The summed E-state index contributed by atoms with van der Waals surface area (Å²) >= 11 is 0. The van der Waals surface area contributed by atoms with E-state index in [9.17, 15) is 18.0 Å². The molecule has 9 nitrogen and oxygen atoms in total. The second-order valence-electron chi connectivity index (χ2n) is 12.0. The zero-order valence-corrected chi connectivity index (χ0v) is 29.1. The first-order valence-corrected chi connectivity index (χ1v) is 18.6. The highest BCUT2D eigenvalue weighted by molar-refractivity contribution is 7.91. The normalized spacial score (nSPS) is 12.7. The fourth-order valence-corrected chi connectivity index (χ4v) is 12.6. The standard InChI is InChI=1S/C33H48N2O7SSi/c1-11-19-35(10)33(37)34-27(22-41-44(23(3)4,24(5)6)25(7)8)15-18-29-31(21-30(42-29)32(36)40-20-12-2)43(38,39)28-16-13-26(9)14-17-28/h1,12-14,16-17,21,23-25,27H,2,15,18-20,22H2,3-10H3,(H,34,37)/t27-/m0/s1. The number of hydrogen-bond donors (Lipinski definition) is 1. The first-order valence-electron chi connectivity index (χ1n) is 14.9. The number of aryl methyl sites for hydroxylation is 2. The van der Waals surface area contributed by atoms with Gasteiger partial charge in [-0.2, -0.15) is 0 Å². The minimum Gasteiger partial charge on any atom is -0.456 e. The number of esters is 1. The number of terminal acetylenes is 1. The molecule has 1 aromatic carbocycles. The average molecular weight is 645 g/mol. The molecule has 0 fully saturated rings. The van der Waals surface area contributed by atoms with Crippen molar-refractivity contribution < 1.29 is 31.6 Å². The summed E-state index contributed by atoms with van der Waals surface area (Å²) < 4.78 is 45.2. The van der Waals surface area contributed by atoms with Crippen LogP contribution in [0.3, 0.4) is 0 Å². The molecule has 1 N–H and O–H groups in total. The molecule has 44 heavy (non-hydrogen) atoms. The van der Waals surface area contributed by atoms with Crippen molar-refractivity contribution in [1.29, 1.82) is 0 Å². The highest BCUT2D eigenvalue weighted by Gasteiger charge is 2.45. The topological polar surface area (TPSA) is 115 Å². The number of amides is 2. The minimum absolute atomic E-state index is 0.0568. The average Bonchev–Trinajstić information content (AvgIpc) is 3.40. The quantitative estimate of drug-likeness (QED) is 0.0956. The number of hydrogen-bond acceptors (Lipinski definition) is 7. The highest BCUT2D eigenvalue weighted by Crippen LogP contribution is 2.42. The molecule has 0 aliphatic carbocycles. The second kappa shape index (κ2) is 16.1. The number of carbonyl (C=O) groups is 2. The smallest absolute Gasteiger partial charge is 0.374 e. The lowest BCUT2D eigenvalue weighted by Gasteiger charge is -2.43. The number of benzene rings is 1. The molecule has 11 heteroatoms. The van der Waals surface area contributed by atoms with Gasteiger partial charge in [0.2, 0.25) is 15.6 Å². The summed E-state index contributed by atoms with van der Waals surface area (Å²) in [4.78, 5) is 27.0. The summed E-state index contributed by atoms with van der Waals surface area (Å²) in [7, 11) is -4.74. The van der Waals surface area contributed by atoms with Crippen molar-refractivity contribution in [2.75, 3.05) is 26.8 Å². The molecular weight excluding hydrogens is 597 g/mol. The molecule has 0 bridgehead atoms. The maximum Gasteiger partial charge on any atom is 0.374 e. The molecular formula is C33H48N2O7SSi. The largest absolute Gasteiger partial charge is 0.456 e. The van der Waals surface area contributed by atoms with Crippen molar-refractivity contribution in [3.63, 3.8) is 0 Å². The predicted octanol–water partition coefficient (Wildman–Crippen LogP) is 6.53. The SMILES string of the molecule is C#CCN(C)C(=O)N[C@@H](CCc1oc(C(=O)OCC=C)cc1S(=O)(=O)c1ccc(C)cc1)CO[Si](C(C)C)(C(C)C)C(C)C. The zero-order valence-electron chi connectivity index (χ0n) is 27.3. The number of carbonyl (C=O) groups excluding carboxylic acids is 2. The van der Waals surface area contributed by atoms with E-state index in [-0.39, 0.29) is 59.9 Å². The van der Waals surface area contributed by atoms with Gasteiger partial charge in [0, 0.05) is 19.5 Å². The third kappa shape index (κ3) is 8.86. The molecule has 2 aromatic rings. The fourth-order valence-electron chi connectivity index (χ4n) is 5.71. The Hall–Kier alpha value is -3.33. The van der Waals surface area contributed by atoms with E-state index in [0.29, 0.717) is 16.6 Å². The number of furan rings is 1. The lowest BCUT2D eigenvalue weighted by molar-refractivity contribution is 0.0511. The van der Waals surface area contributed by atoms with Crippen LogP contribution in [-0.2, 0) is 25.4 Å². The molecule has 0 saturated heterocycles. The molecule has 0 aliphatic rings. The number of sulfone groups is 1. The Morgan fingerprint density at radius 2 is 1.70 bits per heavy atom. The van der Waals surface area contributed by atoms with Crippen LogP contribution in [0.2, 0.25) is 16.6 Å². The van der Waals surface area contributed by atoms with E-state index >= 15 is 0 Å². The van der Waals surface area contributed by atoms with Crippen LogP contribution in [0.1, 0.15) is 69.8 Å². The number of nitrogens with zero attached hydrogens (tertiary/aromatic N) is 1. The molecule has 0 spiro atoms. The van der Waals surface area contributed by atoms with E-state index in [1.54, 1.807) is 19.2 Å². The monoisotopic (exact) mass is 644 g/mol. The third-order valence-electron chi connectivity index (χ3n) is 7.89. The lowest BCUT2D eigenvalue weighted by atomic mass is 10.1. The Balaban J connectivity index is 2.50. The Morgan fingerprint density at radius 1 is 1.11 bits per heavy atom. The Morgan fingerprint density at radius 3 is 2.23 bits per heavy atom. The summed E-state index contributed by atoms with van der Waals surface area (Å²) in [5, 5.41) is 3.01.